The zero-order valence-electron chi connectivity index (χ0n) is 16.4. The van der Waals surface area contributed by atoms with E-state index in [1.165, 1.54) is 28.6 Å². The number of carbonyl (C=O) groups excluding carboxylic acids is 1. The van der Waals surface area contributed by atoms with Crippen molar-refractivity contribution in [2.75, 3.05) is 11.9 Å². The highest BCUT2D eigenvalue weighted by Gasteiger charge is 2.38. The van der Waals surface area contributed by atoms with Crippen LogP contribution >= 0.6 is 34.3 Å². The standard InChI is InChI=1S/C19H17ClN4O5S3/c20-16-7-8-17(31-16)32(28,29)23-9-2-1-6-15(23)18(25)22-19-21-14(11-30-19)12-4-3-5-13(10-12)24(26)27/h3-5,7-8,10-11,15H,1-2,6,9H2,(H,21,22,25). The van der Waals surface area contributed by atoms with Gasteiger partial charge in [0, 0.05) is 29.6 Å². The Morgan fingerprint density at radius 1 is 1.28 bits per heavy atom. The Kier molecular flexibility index (Phi) is 6.58. The average molecular weight is 513 g/mol. The number of nitro groups is 1. The monoisotopic (exact) mass is 512 g/mol. The van der Waals surface area contributed by atoms with Crippen molar-refractivity contribution >= 4 is 61.0 Å². The Hall–Kier alpha value is -2.38. The van der Waals surface area contributed by atoms with Crippen molar-refractivity contribution in [1.29, 1.82) is 0 Å². The van der Waals surface area contributed by atoms with Gasteiger partial charge in [-0.25, -0.2) is 13.4 Å². The number of carbonyl (C=O) groups is 1. The zero-order chi connectivity index (χ0) is 22.9. The van der Waals surface area contributed by atoms with E-state index in [0.717, 1.165) is 29.1 Å². The fraction of sp³-hybridized carbons (Fsp3) is 0.263. The van der Waals surface area contributed by atoms with Gasteiger partial charge in [0.05, 0.1) is 15.0 Å². The minimum absolute atomic E-state index is 0.0576. The maximum absolute atomic E-state index is 13.1. The average Bonchev–Trinajstić information content (AvgIpc) is 3.43. The first-order valence-electron chi connectivity index (χ1n) is 9.54. The van der Waals surface area contributed by atoms with Gasteiger partial charge in [-0.05, 0) is 25.0 Å². The first-order chi connectivity index (χ1) is 15.3. The number of nitro benzene ring substituents is 1. The lowest BCUT2D eigenvalue weighted by molar-refractivity contribution is -0.384. The quantitative estimate of drug-likeness (QED) is 0.380. The van der Waals surface area contributed by atoms with Gasteiger partial charge in [0.25, 0.3) is 15.7 Å². The van der Waals surface area contributed by atoms with Crippen LogP contribution in [0.25, 0.3) is 11.3 Å². The Balaban J connectivity index is 1.53. The van der Waals surface area contributed by atoms with E-state index in [1.807, 2.05) is 0 Å². The van der Waals surface area contributed by atoms with Crippen molar-refractivity contribution in [3.8, 4) is 11.3 Å². The number of non-ortho nitro benzene ring substituents is 1. The van der Waals surface area contributed by atoms with Gasteiger partial charge in [-0.3, -0.25) is 14.9 Å². The number of piperidine rings is 1. The number of anilines is 1. The predicted octanol–water partition coefficient (Wildman–Crippen LogP) is 4.62. The Bertz CT molecular complexity index is 1270. The largest absolute Gasteiger partial charge is 0.301 e. The maximum Gasteiger partial charge on any atom is 0.270 e. The molecule has 1 saturated heterocycles. The molecule has 1 atom stereocenters. The van der Waals surface area contributed by atoms with Crippen molar-refractivity contribution in [1.82, 2.24) is 9.29 Å². The van der Waals surface area contributed by atoms with E-state index in [1.54, 1.807) is 17.5 Å². The van der Waals surface area contributed by atoms with E-state index in [9.17, 15) is 23.3 Å². The molecule has 1 aromatic carbocycles. The summed E-state index contributed by atoms with van der Waals surface area (Å²) in [5, 5.41) is 15.7. The number of benzene rings is 1. The molecule has 9 nitrogen and oxygen atoms in total. The number of thiophene rings is 1. The van der Waals surface area contributed by atoms with Gasteiger partial charge in [0.15, 0.2) is 5.13 Å². The van der Waals surface area contributed by atoms with E-state index in [0.29, 0.717) is 33.6 Å². The molecule has 1 unspecified atom stereocenters. The highest BCUT2D eigenvalue weighted by Crippen LogP contribution is 2.33. The number of nitrogens with one attached hydrogen (secondary N) is 1. The Morgan fingerprint density at radius 3 is 2.81 bits per heavy atom. The zero-order valence-corrected chi connectivity index (χ0v) is 19.6. The van der Waals surface area contributed by atoms with Gasteiger partial charge >= 0.3 is 0 Å². The van der Waals surface area contributed by atoms with E-state index in [2.05, 4.69) is 10.3 Å². The summed E-state index contributed by atoms with van der Waals surface area (Å²) in [6, 6.07) is 8.14. The van der Waals surface area contributed by atoms with Crippen LogP contribution in [0.5, 0.6) is 0 Å². The van der Waals surface area contributed by atoms with Gasteiger partial charge in [-0.1, -0.05) is 30.2 Å². The molecule has 32 heavy (non-hydrogen) atoms. The summed E-state index contributed by atoms with van der Waals surface area (Å²) in [6.45, 7) is 0.243. The van der Waals surface area contributed by atoms with E-state index < -0.39 is 26.9 Å². The van der Waals surface area contributed by atoms with E-state index >= 15 is 0 Å². The molecule has 3 heterocycles. The maximum atomic E-state index is 13.1. The summed E-state index contributed by atoms with van der Waals surface area (Å²) in [6.07, 6.45) is 1.79. The number of thiazole rings is 1. The lowest BCUT2D eigenvalue weighted by Gasteiger charge is -2.32. The lowest BCUT2D eigenvalue weighted by atomic mass is 10.0. The number of aromatic nitrogens is 1. The molecule has 0 spiro atoms. The van der Waals surface area contributed by atoms with E-state index in [-0.39, 0.29) is 16.4 Å². The molecule has 0 aliphatic carbocycles. The van der Waals surface area contributed by atoms with Crippen molar-refractivity contribution in [3.63, 3.8) is 0 Å². The third kappa shape index (κ3) is 4.69. The second-order valence-corrected chi connectivity index (χ2v) is 11.7. The van der Waals surface area contributed by atoms with Crippen LogP contribution < -0.4 is 5.32 Å². The summed E-state index contributed by atoms with van der Waals surface area (Å²) in [5.41, 5.74) is 0.973. The van der Waals surface area contributed by atoms with Crippen LogP contribution in [0.4, 0.5) is 10.8 Å². The van der Waals surface area contributed by atoms with Gasteiger partial charge in [-0.15, -0.1) is 22.7 Å². The summed E-state index contributed by atoms with van der Waals surface area (Å²) in [4.78, 5) is 27.8. The number of hydrogen-bond acceptors (Lipinski definition) is 8. The molecule has 1 aliphatic rings. The molecular weight excluding hydrogens is 496 g/mol. The molecule has 1 fully saturated rings. The molecule has 1 amide bonds. The van der Waals surface area contributed by atoms with Gasteiger partial charge in [-0.2, -0.15) is 4.31 Å². The fourth-order valence-corrected chi connectivity index (χ4v) is 7.43. The van der Waals surface area contributed by atoms with Crippen LogP contribution in [0, 0.1) is 10.1 Å². The fourth-order valence-electron chi connectivity index (χ4n) is 3.44. The van der Waals surface area contributed by atoms with Gasteiger partial charge in [0.1, 0.15) is 10.3 Å². The molecule has 13 heteroatoms. The molecular formula is C19H17ClN4O5S3. The Labute approximate surface area is 196 Å². The molecule has 1 aliphatic heterocycles. The molecule has 3 aromatic rings. The minimum Gasteiger partial charge on any atom is -0.301 e. The molecule has 1 N–H and O–H groups in total. The number of nitrogens with zero attached hydrogens (tertiary/aromatic N) is 3. The number of hydrogen-bond donors (Lipinski definition) is 1. The van der Waals surface area contributed by atoms with Crippen molar-refractivity contribution in [3.05, 3.63) is 56.2 Å². The van der Waals surface area contributed by atoms with Crippen LogP contribution in [-0.2, 0) is 14.8 Å². The van der Waals surface area contributed by atoms with Gasteiger partial charge in [0.2, 0.25) is 5.91 Å². The minimum atomic E-state index is -3.85. The predicted molar refractivity (Wildman–Crippen MR) is 124 cm³/mol. The molecule has 0 radical (unpaired) electrons. The topological polar surface area (TPSA) is 123 Å². The lowest BCUT2D eigenvalue weighted by Crippen LogP contribution is -2.49. The molecule has 4 rings (SSSR count). The second kappa shape index (κ2) is 9.24. The van der Waals surface area contributed by atoms with Crippen LogP contribution in [0.15, 0.2) is 46.0 Å². The highest BCUT2D eigenvalue weighted by molar-refractivity contribution is 7.91. The van der Waals surface area contributed by atoms with Crippen molar-refractivity contribution in [2.45, 2.75) is 29.5 Å². The summed E-state index contributed by atoms with van der Waals surface area (Å²) >= 11 is 8.02. The third-order valence-corrected chi connectivity index (χ3v) is 9.32. The summed E-state index contributed by atoms with van der Waals surface area (Å²) < 4.78 is 27.8. The molecule has 0 saturated carbocycles. The molecule has 0 bridgehead atoms. The molecule has 2 aromatic heterocycles. The van der Waals surface area contributed by atoms with Crippen molar-refractivity contribution < 1.29 is 18.1 Å². The van der Waals surface area contributed by atoms with E-state index in [4.69, 9.17) is 11.6 Å². The number of sulfonamides is 1. The van der Waals surface area contributed by atoms with Crippen LogP contribution in [-0.4, -0.2) is 41.1 Å². The summed E-state index contributed by atoms with van der Waals surface area (Å²) in [7, 11) is -3.85. The van der Waals surface area contributed by atoms with Crippen LogP contribution in [0.1, 0.15) is 19.3 Å². The second-order valence-electron chi connectivity index (χ2n) is 7.02. The number of rotatable bonds is 6. The van der Waals surface area contributed by atoms with Crippen molar-refractivity contribution in [2.24, 2.45) is 0 Å². The van der Waals surface area contributed by atoms with Crippen LogP contribution in [0.2, 0.25) is 4.34 Å². The summed E-state index contributed by atoms with van der Waals surface area (Å²) in [5.74, 6) is -0.462. The first kappa shape index (κ1) is 22.8. The van der Waals surface area contributed by atoms with Gasteiger partial charge < -0.3 is 5.32 Å². The highest BCUT2D eigenvalue weighted by atomic mass is 35.5. The normalized spacial score (nSPS) is 17.2. The number of halogens is 1. The molecule has 168 valence electrons. The SMILES string of the molecule is O=C(Nc1nc(-c2cccc([N+](=O)[O-])c2)cs1)C1CCCCN1S(=O)(=O)c1ccc(Cl)s1. The Morgan fingerprint density at radius 2 is 2.09 bits per heavy atom. The first-order valence-corrected chi connectivity index (χ1v) is 13.1. The van der Waals surface area contributed by atoms with Crippen LogP contribution in [0.3, 0.4) is 0 Å². The smallest absolute Gasteiger partial charge is 0.270 e. The number of amides is 1. The third-order valence-electron chi connectivity index (χ3n) is 4.95.